The molecule has 0 fully saturated rings. The number of aliphatic hydroxyl groups excluding tert-OH is 1. The highest BCUT2D eigenvalue weighted by molar-refractivity contribution is 7.89. The van der Waals surface area contributed by atoms with E-state index in [1.807, 2.05) is 13.8 Å². The van der Waals surface area contributed by atoms with Gasteiger partial charge in [-0.2, -0.15) is 0 Å². The summed E-state index contributed by atoms with van der Waals surface area (Å²) in [4.78, 5) is 0.0878. The van der Waals surface area contributed by atoms with Crippen LogP contribution >= 0.6 is 0 Å². The summed E-state index contributed by atoms with van der Waals surface area (Å²) >= 11 is 0. The van der Waals surface area contributed by atoms with Gasteiger partial charge in [0.05, 0.1) is 23.2 Å². The molecule has 6 nitrogen and oxygen atoms in total. The highest BCUT2D eigenvalue weighted by Gasteiger charge is 2.23. The Balaban J connectivity index is 2.92. The summed E-state index contributed by atoms with van der Waals surface area (Å²) in [6.07, 6.45) is 0.00364. The van der Waals surface area contributed by atoms with Gasteiger partial charge in [0.1, 0.15) is 5.75 Å². The Kier molecular flexibility index (Phi) is 5.75. The zero-order valence-electron chi connectivity index (χ0n) is 12.8. The molecule has 1 aromatic carbocycles. The predicted molar refractivity (Wildman–Crippen MR) is 79.8 cm³/mol. The second-order valence-electron chi connectivity index (χ2n) is 5.57. The van der Waals surface area contributed by atoms with Crippen LogP contribution in [0.2, 0.25) is 0 Å². The zero-order valence-corrected chi connectivity index (χ0v) is 13.6. The van der Waals surface area contributed by atoms with Gasteiger partial charge in [0.25, 0.3) is 0 Å². The number of rotatable bonds is 7. The fourth-order valence-corrected chi connectivity index (χ4v) is 2.81. The van der Waals surface area contributed by atoms with Gasteiger partial charge in [-0.1, -0.05) is 0 Å². The third kappa shape index (κ3) is 5.28. The monoisotopic (exact) mass is 317 g/mol. The molecule has 0 radical (unpaired) electrons. The van der Waals surface area contributed by atoms with Crippen molar-refractivity contribution in [2.24, 2.45) is 0 Å². The van der Waals surface area contributed by atoms with Crippen LogP contribution in [-0.2, 0) is 10.0 Å². The van der Waals surface area contributed by atoms with Crippen LogP contribution < -0.4 is 9.46 Å². The van der Waals surface area contributed by atoms with E-state index in [2.05, 4.69) is 4.72 Å². The van der Waals surface area contributed by atoms with Crippen molar-refractivity contribution in [2.75, 3.05) is 13.2 Å². The van der Waals surface area contributed by atoms with E-state index < -0.39 is 22.2 Å². The molecule has 3 N–H and O–H groups in total. The van der Waals surface area contributed by atoms with Crippen molar-refractivity contribution in [2.45, 2.75) is 44.3 Å². The number of sulfonamides is 1. The number of benzene rings is 1. The van der Waals surface area contributed by atoms with Gasteiger partial charge in [-0.05, 0) is 51.5 Å². The lowest BCUT2D eigenvalue weighted by molar-refractivity contribution is 0.00681. The van der Waals surface area contributed by atoms with Gasteiger partial charge in [0, 0.05) is 6.54 Å². The first-order valence-corrected chi connectivity index (χ1v) is 8.16. The summed E-state index contributed by atoms with van der Waals surface area (Å²) < 4.78 is 32.1. The molecule has 1 unspecified atom stereocenters. The van der Waals surface area contributed by atoms with Gasteiger partial charge >= 0.3 is 0 Å². The first kappa shape index (κ1) is 17.9. The van der Waals surface area contributed by atoms with E-state index in [-0.39, 0.29) is 17.5 Å². The number of nitrogens with one attached hydrogen (secondary N) is 1. The van der Waals surface area contributed by atoms with Crippen molar-refractivity contribution in [3.8, 4) is 5.75 Å². The van der Waals surface area contributed by atoms with E-state index in [1.165, 1.54) is 19.1 Å². The summed E-state index contributed by atoms with van der Waals surface area (Å²) in [5.74, 6) is 0.631. The quantitative estimate of drug-likeness (QED) is 0.691. The second-order valence-corrected chi connectivity index (χ2v) is 7.34. The summed E-state index contributed by atoms with van der Waals surface area (Å²) in [5, 5.41) is 18.6. The molecule has 0 aromatic heterocycles. The fourth-order valence-electron chi connectivity index (χ4n) is 1.56. The second kappa shape index (κ2) is 6.74. The molecule has 21 heavy (non-hydrogen) atoms. The predicted octanol–water partition coefficient (Wildman–Crippen LogP) is 0.804. The standard InChI is InChI=1S/C14H23NO5S/c1-10(2)20-13-6-5-12(7-11(13)3)21(18,19)15-8-14(4,17)9-16/h5-7,10,15-17H,8-9H2,1-4H3. The fraction of sp³-hybridized carbons (Fsp3) is 0.571. The van der Waals surface area contributed by atoms with Gasteiger partial charge in [-0.15, -0.1) is 0 Å². The molecule has 0 aliphatic heterocycles. The molecule has 0 aliphatic carbocycles. The van der Waals surface area contributed by atoms with E-state index in [0.29, 0.717) is 11.3 Å². The number of hydrogen-bond acceptors (Lipinski definition) is 5. The van der Waals surface area contributed by atoms with Gasteiger partial charge in [-0.3, -0.25) is 0 Å². The Morgan fingerprint density at radius 2 is 2.00 bits per heavy atom. The molecular formula is C14H23NO5S. The van der Waals surface area contributed by atoms with Crippen LogP contribution in [0.15, 0.2) is 23.1 Å². The number of aliphatic hydroxyl groups is 2. The first-order valence-electron chi connectivity index (χ1n) is 6.67. The number of ether oxygens (including phenoxy) is 1. The van der Waals surface area contributed by atoms with Crippen LogP contribution in [0.25, 0.3) is 0 Å². The van der Waals surface area contributed by atoms with Crippen molar-refractivity contribution in [1.82, 2.24) is 4.72 Å². The number of aryl methyl sites for hydroxylation is 1. The molecule has 1 atom stereocenters. The third-order valence-electron chi connectivity index (χ3n) is 2.80. The van der Waals surface area contributed by atoms with Crippen molar-refractivity contribution in [3.63, 3.8) is 0 Å². The van der Waals surface area contributed by atoms with Crippen LogP contribution in [0, 0.1) is 6.92 Å². The van der Waals surface area contributed by atoms with Crippen molar-refractivity contribution in [1.29, 1.82) is 0 Å². The molecule has 0 spiro atoms. The smallest absolute Gasteiger partial charge is 0.240 e. The Hall–Kier alpha value is -1.15. The minimum atomic E-state index is -3.75. The van der Waals surface area contributed by atoms with Crippen LogP contribution in [0.5, 0.6) is 5.75 Å². The average Bonchev–Trinajstić information content (AvgIpc) is 2.38. The van der Waals surface area contributed by atoms with Crippen molar-refractivity contribution in [3.05, 3.63) is 23.8 Å². The molecule has 0 bridgehead atoms. The lowest BCUT2D eigenvalue weighted by atomic mass is 10.1. The largest absolute Gasteiger partial charge is 0.491 e. The Bertz CT molecular complexity index is 581. The molecule has 0 aliphatic rings. The van der Waals surface area contributed by atoms with E-state index in [0.717, 1.165) is 0 Å². The van der Waals surface area contributed by atoms with Crippen molar-refractivity contribution < 1.29 is 23.4 Å². The van der Waals surface area contributed by atoms with Crippen molar-refractivity contribution >= 4 is 10.0 Å². The molecule has 120 valence electrons. The van der Waals surface area contributed by atoms with E-state index >= 15 is 0 Å². The maximum atomic E-state index is 12.1. The van der Waals surface area contributed by atoms with Gasteiger partial charge in [0.15, 0.2) is 0 Å². The Morgan fingerprint density at radius 1 is 1.38 bits per heavy atom. The minimum absolute atomic E-state index is 0.00364. The Morgan fingerprint density at radius 3 is 2.48 bits per heavy atom. The molecule has 0 saturated carbocycles. The SMILES string of the molecule is Cc1cc(S(=O)(=O)NCC(C)(O)CO)ccc1OC(C)C. The zero-order chi connectivity index (χ0) is 16.3. The van der Waals surface area contributed by atoms with E-state index in [4.69, 9.17) is 9.84 Å². The molecule has 0 heterocycles. The maximum absolute atomic E-state index is 12.1. The molecule has 0 amide bonds. The van der Waals surface area contributed by atoms with Crippen LogP contribution in [0.3, 0.4) is 0 Å². The summed E-state index contributed by atoms with van der Waals surface area (Å²) in [5.41, 5.74) is -0.788. The first-order chi connectivity index (χ1) is 9.57. The highest BCUT2D eigenvalue weighted by Crippen LogP contribution is 2.22. The van der Waals surface area contributed by atoms with Crippen LogP contribution in [0.4, 0.5) is 0 Å². The average molecular weight is 317 g/mol. The van der Waals surface area contributed by atoms with Gasteiger partial charge in [0.2, 0.25) is 10.0 Å². The van der Waals surface area contributed by atoms with Crippen LogP contribution in [-0.4, -0.2) is 43.5 Å². The van der Waals surface area contributed by atoms with Gasteiger partial charge in [-0.25, -0.2) is 13.1 Å². The highest BCUT2D eigenvalue weighted by atomic mass is 32.2. The summed E-state index contributed by atoms with van der Waals surface area (Å²) in [7, 11) is -3.75. The molecule has 1 rings (SSSR count). The number of hydrogen-bond donors (Lipinski definition) is 3. The third-order valence-corrected chi connectivity index (χ3v) is 4.20. The summed E-state index contributed by atoms with van der Waals surface area (Å²) in [6, 6.07) is 4.56. The van der Waals surface area contributed by atoms with E-state index in [9.17, 15) is 13.5 Å². The maximum Gasteiger partial charge on any atom is 0.240 e. The van der Waals surface area contributed by atoms with E-state index in [1.54, 1.807) is 13.0 Å². The molecule has 1 aromatic rings. The summed E-state index contributed by atoms with van der Waals surface area (Å²) in [6.45, 7) is 6.09. The molecule has 7 heteroatoms. The normalized spacial score (nSPS) is 15.0. The minimum Gasteiger partial charge on any atom is -0.491 e. The molecular weight excluding hydrogens is 294 g/mol. The topological polar surface area (TPSA) is 95.9 Å². The Labute approximate surface area is 125 Å². The van der Waals surface area contributed by atoms with Gasteiger partial charge < -0.3 is 14.9 Å². The van der Waals surface area contributed by atoms with Crippen LogP contribution in [0.1, 0.15) is 26.3 Å². The molecule has 0 saturated heterocycles. The lowest BCUT2D eigenvalue weighted by Gasteiger charge is -2.20. The lowest BCUT2D eigenvalue weighted by Crippen LogP contribution is -2.43.